The third-order valence-electron chi connectivity index (χ3n) is 3.83. The molecule has 0 atom stereocenters. The van der Waals surface area contributed by atoms with Gasteiger partial charge in [0.25, 0.3) is 0 Å². The molecule has 114 valence electrons. The molecule has 1 aliphatic heterocycles. The zero-order valence-corrected chi connectivity index (χ0v) is 13.1. The summed E-state index contributed by atoms with van der Waals surface area (Å²) in [5.41, 5.74) is 0.0881. The van der Waals surface area contributed by atoms with Gasteiger partial charge in [0.1, 0.15) is 11.6 Å². The van der Waals surface area contributed by atoms with Gasteiger partial charge in [0.05, 0.1) is 13.1 Å². The first-order valence-electron chi connectivity index (χ1n) is 7.69. The van der Waals surface area contributed by atoms with Gasteiger partial charge in [0, 0.05) is 30.9 Å². The minimum absolute atomic E-state index is 0.0881. The molecule has 0 aromatic carbocycles. The zero-order valence-electron chi connectivity index (χ0n) is 13.1. The fraction of sp³-hybridized carbons (Fsp3) is 0.667. The SMILES string of the molecule is CC(C)(C)NCc1nccn1Cc1nnc2n1CCCC2. The van der Waals surface area contributed by atoms with Crippen LogP contribution in [0.5, 0.6) is 0 Å². The third-order valence-corrected chi connectivity index (χ3v) is 3.83. The van der Waals surface area contributed by atoms with Gasteiger partial charge >= 0.3 is 0 Å². The fourth-order valence-corrected chi connectivity index (χ4v) is 2.63. The van der Waals surface area contributed by atoms with E-state index in [1.165, 1.54) is 12.8 Å². The molecule has 0 unspecified atom stereocenters. The van der Waals surface area contributed by atoms with E-state index in [0.717, 1.165) is 43.5 Å². The summed E-state index contributed by atoms with van der Waals surface area (Å²) in [6, 6.07) is 0. The van der Waals surface area contributed by atoms with Gasteiger partial charge in [-0.25, -0.2) is 4.98 Å². The average molecular weight is 288 g/mol. The van der Waals surface area contributed by atoms with E-state index in [-0.39, 0.29) is 5.54 Å². The quantitative estimate of drug-likeness (QED) is 0.931. The second-order valence-corrected chi connectivity index (χ2v) is 6.72. The Labute approximate surface area is 125 Å². The Morgan fingerprint density at radius 2 is 2.05 bits per heavy atom. The summed E-state index contributed by atoms with van der Waals surface area (Å²) in [4.78, 5) is 4.45. The Hall–Kier alpha value is -1.69. The largest absolute Gasteiger partial charge is 0.326 e. The summed E-state index contributed by atoms with van der Waals surface area (Å²) in [5.74, 6) is 3.21. The molecule has 0 amide bonds. The van der Waals surface area contributed by atoms with Crippen LogP contribution in [0.4, 0.5) is 0 Å². The van der Waals surface area contributed by atoms with Crippen molar-refractivity contribution in [2.24, 2.45) is 0 Å². The van der Waals surface area contributed by atoms with Crippen molar-refractivity contribution in [1.29, 1.82) is 0 Å². The van der Waals surface area contributed by atoms with Gasteiger partial charge in [-0.05, 0) is 33.6 Å². The monoisotopic (exact) mass is 288 g/mol. The van der Waals surface area contributed by atoms with Gasteiger partial charge in [-0.2, -0.15) is 0 Å². The summed E-state index contributed by atoms with van der Waals surface area (Å²) >= 11 is 0. The second kappa shape index (κ2) is 5.60. The second-order valence-electron chi connectivity index (χ2n) is 6.72. The van der Waals surface area contributed by atoms with Gasteiger partial charge in [0.15, 0.2) is 5.82 Å². The molecule has 0 fully saturated rings. The van der Waals surface area contributed by atoms with E-state index in [2.05, 4.69) is 50.4 Å². The van der Waals surface area contributed by atoms with Crippen LogP contribution in [0.1, 0.15) is 51.1 Å². The van der Waals surface area contributed by atoms with Gasteiger partial charge in [0.2, 0.25) is 0 Å². The molecule has 21 heavy (non-hydrogen) atoms. The number of fused-ring (bicyclic) bond motifs is 1. The summed E-state index contributed by atoms with van der Waals surface area (Å²) in [6.07, 6.45) is 7.37. The van der Waals surface area contributed by atoms with Crippen LogP contribution in [0.2, 0.25) is 0 Å². The molecule has 0 aliphatic carbocycles. The Bertz CT molecular complexity index is 604. The predicted octanol–water partition coefficient (Wildman–Crippen LogP) is 1.75. The highest BCUT2D eigenvalue weighted by Gasteiger charge is 2.17. The molecular formula is C15H24N6. The molecular weight excluding hydrogens is 264 g/mol. The molecule has 6 heteroatoms. The Kier molecular flexibility index (Phi) is 3.80. The van der Waals surface area contributed by atoms with Gasteiger partial charge < -0.3 is 14.5 Å². The van der Waals surface area contributed by atoms with E-state index in [1.54, 1.807) is 0 Å². The van der Waals surface area contributed by atoms with Crippen LogP contribution in [-0.2, 0) is 26.1 Å². The maximum Gasteiger partial charge on any atom is 0.153 e. The van der Waals surface area contributed by atoms with Crippen LogP contribution in [0.25, 0.3) is 0 Å². The normalized spacial score (nSPS) is 15.2. The van der Waals surface area contributed by atoms with Crippen molar-refractivity contribution in [3.05, 3.63) is 29.9 Å². The van der Waals surface area contributed by atoms with Crippen molar-refractivity contribution in [3.8, 4) is 0 Å². The molecule has 0 saturated heterocycles. The lowest BCUT2D eigenvalue weighted by atomic mass is 10.1. The minimum Gasteiger partial charge on any atom is -0.326 e. The first-order chi connectivity index (χ1) is 10.0. The van der Waals surface area contributed by atoms with Crippen molar-refractivity contribution in [1.82, 2.24) is 29.6 Å². The standard InChI is InChI=1S/C15H24N6/c1-15(2,3)17-10-13-16-7-9-20(13)11-14-19-18-12-6-4-5-8-21(12)14/h7,9,17H,4-6,8,10-11H2,1-3H3. The molecule has 0 radical (unpaired) electrons. The van der Waals surface area contributed by atoms with E-state index in [4.69, 9.17) is 0 Å². The smallest absolute Gasteiger partial charge is 0.153 e. The molecule has 6 nitrogen and oxygen atoms in total. The summed E-state index contributed by atoms with van der Waals surface area (Å²) < 4.78 is 4.43. The summed E-state index contributed by atoms with van der Waals surface area (Å²) in [5, 5.41) is 12.2. The Morgan fingerprint density at radius 1 is 1.19 bits per heavy atom. The number of aryl methyl sites for hydroxylation is 1. The molecule has 3 rings (SSSR count). The highest BCUT2D eigenvalue weighted by Crippen LogP contribution is 2.15. The molecule has 1 aliphatic rings. The average Bonchev–Trinajstić information content (AvgIpc) is 3.04. The third kappa shape index (κ3) is 3.32. The number of hydrogen-bond donors (Lipinski definition) is 1. The molecule has 2 aromatic rings. The topological polar surface area (TPSA) is 60.6 Å². The first kappa shape index (κ1) is 14.3. The van der Waals surface area contributed by atoms with E-state index in [0.29, 0.717) is 0 Å². The predicted molar refractivity (Wildman–Crippen MR) is 80.9 cm³/mol. The number of imidazole rings is 1. The molecule has 2 aromatic heterocycles. The zero-order chi connectivity index (χ0) is 14.9. The minimum atomic E-state index is 0.0881. The maximum absolute atomic E-state index is 4.45. The Morgan fingerprint density at radius 3 is 2.86 bits per heavy atom. The number of hydrogen-bond acceptors (Lipinski definition) is 4. The lowest BCUT2D eigenvalue weighted by Gasteiger charge is -2.20. The first-order valence-corrected chi connectivity index (χ1v) is 7.69. The molecule has 3 heterocycles. The Balaban J connectivity index is 1.74. The summed E-state index contributed by atoms with van der Waals surface area (Å²) in [6.45, 7) is 9.03. The van der Waals surface area contributed by atoms with Crippen LogP contribution in [0.15, 0.2) is 12.4 Å². The van der Waals surface area contributed by atoms with Crippen LogP contribution in [-0.4, -0.2) is 29.9 Å². The molecule has 0 bridgehead atoms. The van der Waals surface area contributed by atoms with Crippen LogP contribution in [0, 0.1) is 0 Å². The van der Waals surface area contributed by atoms with Gasteiger partial charge in [-0.1, -0.05) is 0 Å². The molecule has 1 N–H and O–H groups in total. The number of aromatic nitrogens is 5. The number of nitrogens with zero attached hydrogens (tertiary/aromatic N) is 5. The van der Waals surface area contributed by atoms with Crippen LogP contribution >= 0.6 is 0 Å². The molecule has 0 saturated carbocycles. The summed E-state index contributed by atoms with van der Waals surface area (Å²) in [7, 11) is 0. The fourth-order valence-electron chi connectivity index (χ4n) is 2.63. The number of nitrogens with one attached hydrogen (secondary N) is 1. The number of rotatable bonds is 4. The van der Waals surface area contributed by atoms with E-state index >= 15 is 0 Å². The van der Waals surface area contributed by atoms with E-state index in [1.807, 2.05) is 12.4 Å². The van der Waals surface area contributed by atoms with Gasteiger partial charge in [-0.3, -0.25) is 0 Å². The van der Waals surface area contributed by atoms with Crippen LogP contribution in [0.3, 0.4) is 0 Å². The van der Waals surface area contributed by atoms with Crippen molar-refractivity contribution in [2.45, 2.75) is 65.2 Å². The lowest BCUT2D eigenvalue weighted by Crippen LogP contribution is -2.36. The van der Waals surface area contributed by atoms with Gasteiger partial charge in [-0.15, -0.1) is 10.2 Å². The van der Waals surface area contributed by atoms with Crippen molar-refractivity contribution < 1.29 is 0 Å². The van der Waals surface area contributed by atoms with Crippen molar-refractivity contribution >= 4 is 0 Å². The van der Waals surface area contributed by atoms with Crippen molar-refractivity contribution in [2.75, 3.05) is 0 Å². The highest BCUT2D eigenvalue weighted by atomic mass is 15.3. The van der Waals surface area contributed by atoms with E-state index in [9.17, 15) is 0 Å². The lowest BCUT2D eigenvalue weighted by molar-refractivity contribution is 0.411. The van der Waals surface area contributed by atoms with E-state index < -0.39 is 0 Å². The molecule has 0 spiro atoms. The highest BCUT2D eigenvalue weighted by molar-refractivity contribution is 5.02. The van der Waals surface area contributed by atoms with Crippen LogP contribution < -0.4 is 5.32 Å². The van der Waals surface area contributed by atoms with Crippen molar-refractivity contribution in [3.63, 3.8) is 0 Å². The maximum atomic E-state index is 4.45.